The van der Waals surface area contributed by atoms with E-state index in [2.05, 4.69) is 20.7 Å². The third-order valence-electron chi connectivity index (χ3n) is 2.83. The van der Waals surface area contributed by atoms with Crippen LogP contribution in [0, 0.1) is 0 Å². The second kappa shape index (κ2) is 4.22. The number of imide groups is 1. The lowest BCUT2D eigenvalue weighted by molar-refractivity contribution is -0.135. The lowest BCUT2D eigenvalue weighted by Crippen LogP contribution is -2.64. The van der Waals surface area contributed by atoms with Crippen LogP contribution in [0.1, 0.15) is 13.8 Å². The molecule has 0 radical (unpaired) electrons. The minimum atomic E-state index is -0.867. The predicted molar refractivity (Wildman–Crippen MR) is 64.4 cm³/mol. The fourth-order valence-corrected chi connectivity index (χ4v) is 1.72. The van der Waals surface area contributed by atoms with Gasteiger partial charge in [-0.1, -0.05) is 0 Å². The molecule has 96 valence electrons. The summed E-state index contributed by atoms with van der Waals surface area (Å²) in [6.45, 7) is 3.48. The Kier molecular flexibility index (Phi) is 2.87. The molecule has 0 saturated carbocycles. The summed E-state index contributed by atoms with van der Waals surface area (Å²) in [5.41, 5.74) is 1.45. The van der Waals surface area contributed by atoms with E-state index in [-0.39, 0.29) is 24.3 Å². The van der Waals surface area contributed by atoms with Crippen molar-refractivity contribution >= 4 is 23.6 Å². The molecule has 0 spiro atoms. The maximum absolute atomic E-state index is 11.8. The molecule has 1 aromatic rings. The highest BCUT2D eigenvalue weighted by atomic mass is 16.2. The van der Waals surface area contributed by atoms with Gasteiger partial charge in [0.25, 0.3) is 5.91 Å². The van der Waals surface area contributed by atoms with E-state index in [0.717, 1.165) is 0 Å². The average Bonchev–Trinajstić information content (AvgIpc) is 2.34. The first-order chi connectivity index (χ1) is 8.45. The Balaban J connectivity index is 2.40. The van der Waals surface area contributed by atoms with Gasteiger partial charge in [-0.25, -0.2) is 10.8 Å². The minimum Gasteiger partial charge on any atom is -0.333 e. The van der Waals surface area contributed by atoms with E-state index >= 15 is 0 Å². The van der Waals surface area contributed by atoms with Crippen molar-refractivity contribution in [3.05, 3.63) is 12.3 Å². The maximum atomic E-state index is 11.8. The van der Waals surface area contributed by atoms with Crippen LogP contribution in [0.2, 0.25) is 0 Å². The molecular weight excluding hydrogens is 236 g/mol. The zero-order chi connectivity index (χ0) is 13.3. The number of rotatable bonds is 2. The molecule has 0 unspecified atom stereocenters. The van der Waals surface area contributed by atoms with Crippen molar-refractivity contribution in [2.75, 3.05) is 16.9 Å². The van der Waals surface area contributed by atoms with Crippen LogP contribution in [0.5, 0.6) is 0 Å². The first-order valence-electron chi connectivity index (χ1n) is 5.36. The molecule has 0 bridgehead atoms. The van der Waals surface area contributed by atoms with E-state index in [4.69, 9.17) is 5.84 Å². The molecule has 2 heterocycles. The summed E-state index contributed by atoms with van der Waals surface area (Å²) in [4.78, 5) is 32.9. The number of piperazine rings is 1. The summed E-state index contributed by atoms with van der Waals surface area (Å²) in [6.07, 6.45) is 1.50. The highest BCUT2D eigenvalue weighted by Crippen LogP contribution is 2.24. The van der Waals surface area contributed by atoms with Crippen LogP contribution < -0.4 is 21.5 Å². The van der Waals surface area contributed by atoms with Crippen LogP contribution in [0.15, 0.2) is 12.3 Å². The van der Waals surface area contributed by atoms with Crippen molar-refractivity contribution in [3.63, 3.8) is 0 Å². The van der Waals surface area contributed by atoms with E-state index in [9.17, 15) is 9.59 Å². The molecule has 0 aliphatic carbocycles. The van der Waals surface area contributed by atoms with Gasteiger partial charge in [0.05, 0.1) is 6.54 Å². The third-order valence-corrected chi connectivity index (χ3v) is 2.83. The quantitative estimate of drug-likeness (QED) is 0.350. The van der Waals surface area contributed by atoms with Crippen molar-refractivity contribution in [1.29, 1.82) is 0 Å². The highest BCUT2D eigenvalue weighted by molar-refractivity contribution is 6.06. The molecule has 8 nitrogen and oxygen atoms in total. The van der Waals surface area contributed by atoms with Gasteiger partial charge in [-0.15, -0.1) is 0 Å². The summed E-state index contributed by atoms with van der Waals surface area (Å²) >= 11 is 0. The molecule has 0 aromatic carbocycles. The van der Waals surface area contributed by atoms with E-state index in [0.29, 0.717) is 5.82 Å². The van der Waals surface area contributed by atoms with Gasteiger partial charge in [0.1, 0.15) is 11.4 Å². The van der Waals surface area contributed by atoms with Crippen LogP contribution in [0.25, 0.3) is 0 Å². The number of hydrogen-bond donors (Lipinski definition) is 3. The third kappa shape index (κ3) is 1.97. The number of nitrogens with zero attached hydrogens (tertiary/aromatic N) is 3. The van der Waals surface area contributed by atoms with Crippen LogP contribution in [-0.4, -0.2) is 33.9 Å². The van der Waals surface area contributed by atoms with Crippen molar-refractivity contribution < 1.29 is 9.59 Å². The molecule has 1 saturated heterocycles. The number of aromatic nitrogens is 2. The van der Waals surface area contributed by atoms with Crippen LogP contribution >= 0.6 is 0 Å². The Bertz CT molecular complexity index is 501. The van der Waals surface area contributed by atoms with Crippen LogP contribution in [0.3, 0.4) is 0 Å². The molecule has 2 amide bonds. The molecule has 4 N–H and O–H groups in total. The van der Waals surface area contributed by atoms with Crippen LogP contribution in [-0.2, 0) is 9.59 Å². The molecular formula is C10H14N6O2. The number of hydrogen-bond acceptors (Lipinski definition) is 7. The van der Waals surface area contributed by atoms with Gasteiger partial charge in [0.2, 0.25) is 11.9 Å². The van der Waals surface area contributed by atoms with Crippen molar-refractivity contribution in [2.45, 2.75) is 19.4 Å². The highest BCUT2D eigenvalue weighted by Gasteiger charge is 2.41. The van der Waals surface area contributed by atoms with Gasteiger partial charge in [0, 0.05) is 6.20 Å². The Labute approximate surface area is 104 Å². The molecule has 1 aromatic heterocycles. The Morgan fingerprint density at radius 2 is 2.22 bits per heavy atom. The number of carbonyl (C=O) groups is 2. The standard InChI is InChI=1S/C10H14N6O2/c1-10(2)8(18)14-7(17)5-16(10)6-3-4-12-9(13-6)15-11/h3-4H,5,11H2,1-2H3,(H,12,13,15)(H,14,17,18). The fraction of sp³-hybridized carbons (Fsp3) is 0.400. The van der Waals surface area contributed by atoms with E-state index in [1.807, 2.05) is 0 Å². The second-order valence-electron chi connectivity index (χ2n) is 4.41. The molecule has 18 heavy (non-hydrogen) atoms. The molecule has 2 rings (SSSR count). The van der Waals surface area contributed by atoms with Crippen molar-refractivity contribution in [3.8, 4) is 0 Å². The number of amides is 2. The Morgan fingerprint density at radius 1 is 1.50 bits per heavy atom. The lowest BCUT2D eigenvalue weighted by atomic mass is 9.99. The van der Waals surface area contributed by atoms with Gasteiger partial charge in [-0.05, 0) is 19.9 Å². The van der Waals surface area contributed by atoms with Crippen molar-refractivity contribution in [2.24, 2.45) is 5.84 Å². The fourth-order valence-electron chi connectivity index (χ4n) is 1.72. The number of nitrogen functional groups attached to an aromatic ring is 1. The molecule has 1 fully saturated rings. The maximum Gasteiger partial charge on any atom is 0.251 e. The van der Waals surface area contributed by atoms with E-state index in [1.54, 1.807) is 24.8 Å². The number of hydrazine groups is 1. The van der Waals surface area contributed by atoms with Crippen LogP contribution in [0.4, 0.5) is 11.8 Å². The molecule has 8 heteroatoms. The largest absolute Gasteiger partial charge is 0.333 e. The Morgan fingerprint density at radius 3 is 2.89 bits per heavy atom. The number of carbonyl (C=O) groups excluding carboxylic acids is 2. The summed E-state index contributed by atoms with van der Waals surface area (Å²) in [7, 11) is 0. The predicted octanol–water partition coefficient (Wildman–Crippen LogP) is -0.996. The molecule has 1 aliphatic rings. The Hall–Kier alpha value is -2.22. The molecule has 1 aliphatic heterocycles. The average molecular weight is 250 g/mol. The van der Waals surface area contributed by atoms with Gasteiger partial charge >= 0.3 is 0 Å². The van der Waals surface area contributed by atoms with Gasteiger partial charge in [0.15, 0.2) is 0 Å². The summed E-state index contributed by atoms with van der Waals surface area (Å²) in [5, 5.41) is 2.29. The van der Waals surface area contributed by atoms with Gasteiger partial charge in [-0.3, -0.25) is 20.3 Å². The second-order valence-corrected chi connectivity index (χ2v) is 4.41. The smallest absolute Gasteiger partial charge is 0.251 e. The molecule has 0 atom stereocenters. The first kappa shape index (κ1) is 12.2. The first-order valence-corrected chi connectivity index (χ1v) is 5.36. The number of anilines is 2. The van der Waals surface area contributed by atoms with Gasteiger partial charge < -0.3 is 4.90 Å². The summed E-state index contributed by atoms with van der Waals surface area (Å²) < 4.78 is 0. The zero-order valence-corrected chi connectivity index (χ0v) is 10.1. The van der Waals surface area contributed by atoms with E-state index < -0.39 is 5.54 Å². The van der Waals surface area contributed by atoms with Gasteiger partial charge in [-0.2, -0.15) is 4.98 Å². The van der Waals surface area contributed by atoms with E-state index in [1.165, 1.54) is 6.20 Å². The summed E-state index contributed by atoms with van der Waals surface area (Å²) in [6, 6.07) is 1.62. The number of nitrogens with two attached hydrogens (primary N) is 1. The topological polar surface area (TPSA) is 113 Å². The lowest BCUT2D eigenvalue weighted by Gasteiger charge is -2.40. The minimum absolute atomic E-state index is 0.0553. The SMILES string of the molecule is CC1(C)C(=O)NC(=O)CN1c1ccnc(NN)n1. The number of nitrogens with one attached hydrogen (secondary N) is 2. The zero-order valence-electron chi connectivity index (χ0n) is 10.1. The monoisotopic (exact) mass is 250 g/mol. The van der Waals surface area contributed by atoms with Crippen molar-refractivity contribution in [1.82, 2.24) is 15.3 Å². The summed E-state index contributed by atoms with van der Waals surface area (Å²) in [5.74, 6) is 5.20. The normalized spacial score (nSPS) is 18.5.